The molecule has 0 bridgehead atoms. The number of ether oxygens (including phenoxy) is 2. The number of carbonyl (C=O) groups excluding carboxylic acids is 1. The molecule has 1 N–H and O–H groups in total. The Hall–Kier alpha value is -1.31. The zero-order chi connectivity index (χ0) is 13.0. The van der Waals surface area contributed by atoms with Gasteiger partial charge in [-0.25, -0.2) is 0 Å². The summed E-state index contributed by atoms with van der Waals surface area (Å²) in [5.41, 5.74) is -2.04. The highest BCUT2D eigenvalue weighted by molar-refractivity contribution is 5.98. The van der Waals surface area contributed by atoms with Crippen molar-refractivity contribution in [2.75, 3.05) is 13.7 Å². The van der Waals surface area contributed by atoms with Crippen LogP contribution in [0.25, 0.3) is 0 Å². The van der Waals surface area contributed by atoms with Crippen LogP contribution in [0.2, 0.25) is 0 Å². The lowest BCUT2D eigenvalue weighted by atomic mass is 9.87. The second-order valence-corrected chi connectivity index (χ2v) is 3.17. The summed E-state index contributed by atoms with van der Waals surface area (Å²) in [7, 11) is 0.953. The van der Waals surface area contributed by atoms with E-state index in [9.17, 15) is 22.8 Å². The molecule has 0 fully saturated rings. The molecule has 94 valence electrons. The van der Waals surface area contributed by atoms with Gasteiger partial charge in [0.1, 0.15) is 0 Å². The van der Waals surface area contributed by atoms with Crippen LogP contribution in [0.5, 0.6) is 0 Å². The number of carbonyl (C=O) groups is 2. The van der Waals surface area contributed by atoms with E-state index in [1.54, 1.807) is 0 Å². The molecule has 5 nitrogen and oxygen atoms in total. The fourth-order valence-electron chi connectivity index (χ4n) is 0.892. The predicted molar refractivity (Wildman–Crippen MR) is 44.4 cm³/mol. The minimum Gasteiger partial charge on any atom is -0.480 e. The van der Waals surface area contributed by atoms with E-state index in [1.807, 2.05) is 0 Å². The SMILES string of the molecule is COC(=O)C(C)(CCOC(F)(F)F)C(=O)O. The maximum absolute atomic E-state index is 11.6. The molecule has 0 radical (unpaired) electrons. The van der Waals surface area contributed by atoms with E-state index < -0.39 is 36.7 Å². The molecule has 0 aliphatic carbocycles. The topological polar surface area (TPSA) is 72.8 Å². The van der Waals surface area contributed by atoms with E-state index in [-0.39, 0.29) is 0 Å². The van der Waals surface area contributed by atoms with Crippen LogP contribution in [0.1, 0.15) is 13.3 Å². The molecule has 0 saturated carbocycles. The molecule has 8 heteroatoms. The summed E-state index contributed by atoms with van der Waals surface area (Å²) in [6.45, 7) is 0.0439. The number of rotatable bonds is 5. The number of hydrogen-bond acceptors (Lipinski definition) is 4. The summed E-state index contributed by atoms with van der Waals surface area (Å²) in [6.07, 6.45) is -5.48. The van der Waals surface area contributed by atoms with Crippen molar-refractivity contribution in [3.8, 4) is 0 Å². The maximum Gasteiger partial charge on any atom is 0.522 e. The van der Waals surface area contributed by atoms with Crippen LogP contribution < -0.4 is 0 Å². The van der Waals surface area contributed by atoms with Crippen LogP contribution in [-0.2, 0) is 19.1 Å². The zero-order valence-electron chi connectivity index (χ0n) is 8.63. The molecule has 1 atom stereocenters. The molecule has 0 aliphatic heterocycles. The highest BCUT2D eigenvalue weighted by Crippen LogP contribution is 2.26. The van der Waals surface area contributed by atoms with Gasteiger partial charge >= 0.3 is 18.3 Å². The molecule has 0 aromatic heterocycles. The van der Waals surface area contributed by atoms with Crippen molar-refractivity contribution in [2.45, 2.75) is 19.7 Å². The molecule has 16 heavy (non-hydrogen) atoms. The molecule has 0 rings (SSSR count). The molecule has 0 spiro atoms. The van der Waals surface area contributed by atoms with Gasteiger partial charge in [0.2, 0.25) is 0 Å². The lowest BCUT2D eigenvalue weighted by Crippen LogP contribution is -2.39. The van der Waals surface area contributed by atoms with E-state index in [0.29, 0.717) is 0 Å². The van der Waals surface area contributed by atoms with Crippen molar-refractivity contribution in [2.24, 2.45) is 5.41 Å². The Bertz CT molecular complexity index is 275. The highest BCUT2D eigenvalue weighted by atomic mass is 19.4. The third-order valence-corrected chi connectivity index (χ3v) is 1.98. The minimum absolute atomic E-state index is 0.630. The molecule has 1 unspecified atom stereocenters. The van der Waals surface area contributed by atoms with E-state index in [1.165, 1.54) is 0 Å². The highest BCUT2D eigenvalue weighted by Gasteiger charge is 2.43. The molecule has 0 aromatic carbocycles. The monoisotopic (exact) mass is 244 g/mol. The van der Waals surface area contributed by atoms with Crippen molar-refractivity contribution >= 4 is 11.9 Å². The number of esters is 1. The van der Waals surface area contributed by atoms with E-state index in [0.717, 1.165) is 14.0 Å². The van der Waals surface area contributed by atoms with Crippen LogP contribution >= 0.6 is 0 Å². The fourth-order valence-corrected chi connectivity index (χ4v) is 0.892. The zero-order valence-corrected chi connectivity index (χ0v) is 8.63. The summed E-state index contributed by atoms with van der Waals surface area (Å²) in [6, 6.07) is 0. The van der Waals surface area contributed by atoms with Gasteiger partial charge in [-0.05, 0) is 13.3 Å². The molecular weight excluding hydrogens is 233 g/mol. The van der Waals surface area contributed by atoms with Crippen LogP contribution in [-0.4, -0.2) is 37.1 Å². The standard InChI is InChI=1S/C8H11F3O5/c1-7(5(12)13,6(14)15-2)3-4-16-8(9,10)11/h3-4H2,1-2H3,(H,12,13). The van der Waals surface area contributed by atoms with E-state index in [4.69, 9.17) is 5.11 Å². The second kappa shape index (κ2) is 5.15. The van der Waals surface area contributed by atoms with Gasteiger partial charge in [-0.1, -0.05) is 0 Å². The third kappa shape index (κ3) is 4.05. The number of alkyl halides is 3. The number of halogens is 3. The van der Waals surface area contributed by atoms with Gasteiger partial charge in [0.25, 0.3) is 0 Å². The molecule has 0 aromatic rings. The van der Waals surface area contributed by atoms with Crippen LogP contribution in [0, 0.1) is 5.41 Å². The summed E-state index contributed by atoms with van der Waals surface area (Å²) in [5, 5.41) is 8.73. The Morgan fingerprint density at radius 1 is 1.31 bits per heavy atom. The second-order valence-electron chi connectivity index (χ2n) is 3.17. The Labute approximate surface area is 89.1 Å². The number of hydrogen-bond donors (Lipinski definition) is 1. The van der Waals surface area contributed by atoms with Crippen LogP contribution in [0.15, 0.2) is 0 Å². The van der Waals surface area contributed by atoms with Gasteiger partial charge in [0, 0.05) is 0 Å². The van der Waals surface area contributed by atoms with E-state index in [2.05, 4.69) is 9.47 Å². The number of carboxylic acid groups (broad SMARTS) is 1. The van der Waals surface area contributed by atoms with Crippen LogP contribution in [0.4, 0.5) is 13.2 Å². The Kier molecular flexibility index (Phi) is 4.73. The Balaban J connectivity index is 4.48. The van der Waals surface area contributed by atoms with Gasteiger partial charge in [-0.15, -0.1) is 13.2 Å². The first-order valence-corrected chi connectivity index (χ1v) is 4.16. The van der Waals surface area contributed by atoms with E-state index >= 15 is 0 Å². The Morgan fingerprint density at radius 2 is 1.81 bits per heavy atom. The summed E-state index contributed by atoms with van der Waals surface area (Å²) in [4.78, 5) is 21.8. The summed E-state index contributed by atoms with van der Waals surface area (Å²) < 4.78 is 42.5. The van der Waals surface area contributed by atoms with Crippen molar-refractivity contribution in [3.05, 3.63) is 0 Å². The molecule has 0 aliphatic rings. The minimum atomic E-state index is -4.85. The third-order valence-electron chi connectivity index (χ3n) is 1.98. The van der Waals surface area contributed by atoms with Gasteiger partial charge < -0.3 is 9.84 Å². The number of carboxylic acids is 1. The largest absolute Gasteiger partial charge is 0.522 e. The van der Waals surface area contributed by atoms with Crippen LogP contribution in [0.3, 0.4) is 0 Å². The predicted octanol–water partition coefficient (Wildman–Crippen LogP) is 1.18. The van der Waals surface area contributed by atoms with Crippen molar-refractivity contribution in [1.29, 1.82) is 0 Å². The lowest BCUT2D eigenvalue weighted by molar-refractivity contribution is -0.326. The molecule has 0 amide bonds. The van der Waals surface area contributed by atoms with Crippen molar-refractivity contribution in [3.63, 3.8) is 0 Å². The number of methoxy groups -OCH3 is 1. The lowest BCUT2D eigenvalue weighted by Gasteiger charge is -2.21. The Morgan fingerprint density at radius 3 is 2.12 bits per heavy atom. The van der Waals surface area contributed by atoms with Gasteiger partial charge in [-0.3, -0.25) is 14.3 Å². The van der Waals surface area contributed by atoms with Gasteiger partial charge in [-0.2, -0.15) is 0 Å². The molecule has 0 saturated heterocycles. The van der Waals surface area contributed by atoms with Crippen molar-refractivity contribution in [1.82, 2.24) is 0 Å². The van der Waals surface area contributed by atoms with Crippen molar-refractivity contribution < 1.29 is 37.3 Å². The fraction of sp³-hybridized carbons (Fsp3) is 0.750. The van der Waals surface area contributed by atoms with Gasteiger partial charge in [0.05, 0.1) is 13.7 Å². The van der Waals surface area contributed by atoms with Gasteiger partial charge in [0.15, 0.2) is 5.41 Å². The normalized spacial score (nSPS) is 15.3. The summed E-state index contributed by atoms with van der Waals surface area (Å²) >= 11 is 0. The maximum atomic E-state index is 11.6. The number of aliphatic carboxylic acids is 1. The average Bonchev–Trinajstić information content (AvgIpc) is 2.13. The first kappa shape index (κ1) is 14.7. The quantitative estimate of drug-likeness (QED) is 0.580. The summed E-state index contributed by atoms with van der Waals surface area (Å²) in [5.74, 6) is -2.68. The first-order valence-electron chi connectivity index (χ1n) is 4.16. The smallest absolute Gasteiger partial charge is 0.480 e. The molecular formula is C8H11F3O5. The average molecular weight is 244 g/mol. The first-order chi connectivity index (χ1) is 7.13. The molecule has 0 heterocycles.